The Morgan fingerprint density at radius 1 is 1.38 bits per heavy atom. The summed E-state index contributed by atoms with van der Waals surface area (Å²) < 4.78 is 0. The van der Waals surface area contributed by atoms with Gasteiger partial charge in [-0.2, -0.15) is 0 Å². The zero-order valence-corrected chi connectivity index (χ0v) is 12.8. The van der Waals surface area contributed by atoms with Crippen molar-refractivity contribution in [2.24, 2.45) is 5.92 Å². The molecule has 3 N–H and O–H groups in total. The Labute approximate surface area is 125 Å². The van der Waals surface area contributed by atoms with Crippen LogP contribution in [0.4, 0.5) is 4.79 Å². The van der Waals surface area contributed by atoms with Crippen molar-refractivity contribution < 1.29 is 9.90 Å². The van der Waals surface area contributed by atoms with E-state index in [1.54, 1.807) is 0 Å². The Kier molecular flexibility index (Phi) is 3.66. The molecule has 3 rings (SSSR count). The second-order valence-corrected chi connectivity index (χ2v) is 6.68. The minimum Gasteiger partial charge on any atom is -0.394 e. The van der Waals surface area contributed by atoms with Crippen LogP contribution < -0.4 is 10.6 Å². The SMILES string of the molecule is Cc1cccc2c1CC[C@H]2NC(=O)N[C@@](C)(CO)C1CC1. The van der Waals surface area contributed by atoms with Gasteiger partial charge in [0.2, 0.25) is 0 Å². The molecule has 0 unspecified atom stereocenters. The number of carbonyl (C=O) groups excluding carboxylic acids is 1. The molecule has 0 bridgehead atoms. The number of aryl methyl sites for hydroxylation is 1. The highest BCUT2D eigenvalue weighted by Gasteiger charge is 2.42. The first-order chi connectivity index (χ1) is 10.0. The van der Waals surface area contributed by atoms with Crippen LogP contribution in [0, 0.1) is 12.8 Å². The first-order valence-electron chi connectivity index (χ1n) is 7.81. The summed E-state index contributed by atoms with van der Waals surface area (Å²) in [6.45, 7) is 4.04. The average molecular weight is 288 g/mol. The fourth-order valence-corrected chi connectivity index (χ4v) is 3.43. The molecule has 1 aromatic carbocycles. The Bertz CT molecular complexity index is 554. The van der Waals surface area contributed by atoms with Crippen LogP contribution in [0.25, 0.3) is 0 Å². The van der Waals surface area contributed by atoms with E-state index in [1.165, 1.54) is 16.7 Å². The van der Waals surface area contributed by atoms with Gasteiger partial charge in [-0.25, -0.2) is 4.79 Å². The molecule has 0 spiro atoms. The third kappa shape index (κ3) is 2.77. The first-order valence-corrected chi connectivity index (χ1v) is 7.81. The summed E-state index contributed by atoms with van der Waals surface area (Å²) in [5.74, 6) is 0.409. The van der Waals surface area contributed by atoms with Crippen molar-refractivity contribution in [3.63, 3.8) is 0 Å². The number of urea groups is 1. The van der Waals surface area contributed by atoms with Crippen molar-refractivity contribution in [3.05, 3.63) is 34.9 Å². The molecule has 1 fully saturated rings. The zero-order valence-electron chi connectivity index (χ0n) is 12.8. The van der Waals surface area contributed by atoms with E-state index in [0.717, 1.165) is 25.7 Å². The summed E-state index contributed by atoms with van der Waals surface area (Å²) in [7, 11) is 0. The summed E-state index contributed by atoms with van der Waals surface area (Å²) in [6.07, 6.45) is 4.14. The predicted octanol–water partition coefficient (Wildman–Crippen LogP) is 2.44. The van der Waals surface area contributed by atoms with Gasteiger partial charge in [0.05, 0.1) is 18.2 Å². The van der Waals surface area contributed by atoms with Crippen molar-refractivity contribution in [1.82, 2.24) is 10.6 Å². The third-order valence-corrected chi connectivity index (χ3v) is 5.02. The lowest BCUT2D eigenvalue weighted by Crippen LogP contribution is -2.54. The van der Waals surface area contributed by atoms with Gasteiger partial charge in [0, 0.05) is 0 Å². The topological polar surface area (TPSA) is 61.4 Å². The van der Waals surface area contributed by atoms with E-state index in [-0.39, 0.29) is 18.7 Å². The van der Waals surface area contributed by atoms with Crippen LogP contribution >= 0.6 is 0 Å². The van der Waals surface area contributed by atoms with Gasteiger partial charge >= 0.3 is 6.03 Å². The number of nitrogens with one attached hydrogen (secondary N) is 2. The molecular weight excluding hydrogens is 264 g/mol. The molecule has 4 heteroatoms. The van der Waals surface area contributed by atoms with E-state index in [9.17, 15) is 9.90 Å². The van der Waals surface area contributed by atoms with Crippen LogP contribution in [-0.2, 0) is 6.42 Å². The highest BCUT2D eigenvalue weighted by molar-refractivity contribution is 5.75. The number of hydrogen-bond acceptors (Lipinski definition) is 2. The largest absolute Gasteiger partial charge is 0.394 e. The number of hydrogen-bond donors (Lipinski definition) is 3. The molecule has 0 saturated heterocycles. The predicted molar refractivity (Wildman–Crippen MR) is 82.1 cm³/mol. The van der Waals surface area contributed by atoms with Crippen LogP contribution in [0.1, 0.15) is 48.9 Å². The highest BCUT2D eigenvalue weighted by atomic mass is 16.3. The Hall–Kier alpha value is -1.55. The summed E-state index contributed by atoms with van der Waals surface area (Å²) >= 11 is 0. The van der Waals surface area contributed by atoms with Crippen LogP contribution in [0.2, 0.25) is 0 Å². The molecule has 0 aliphatic heterocycles. The quantitative estimate of drug-likeness (QED) is 0.797. The maximum Gasteiger partial charge on any atom is 0.315 e. The van der Waals surface area contributed by atoms with Crippen LogP contribution in [-0.4, -0.2) is 23.3 Å². The van der Waals surface area contributed by atoms with Gasteiger partial charge in [-0.3, -0.25) is 0 Å². The van der Waals surface area contributed by atoms with Gasteiger partial charge in [-0.1, -0.05) is 18.2 Å². The number of rotatable bonds is 4. The van der Waals surface area contributed by atoms with Gasteiger partial charge in [0.25, 0.3) is 0 Å². The highest BCUT2D eigenvalue weighted by Crippen LogP contribution is 2.39. The van der Waals surface area contributed by atoms with E-state index in [1.807, 2.05) is 13.0 Å². The van der Waals surface area contributed by atoms with Gasteiger partial charge in [-0.05, 0) is 62.1 Å². The van der Waals surface area contributed by atoms with Crippen molar-refractivity contribution in [1.29, 1.82) is 0 Å². The Balaban J connectivity index is 1.66. The fraction of sp³-hybridized carbons (Fsp3) is 0.588. The van der Waals surface area contributed by atoms with E-state index in [2.05, 4.69) is 29.7 Å². The number of aliphatic hydroxyl groups excluding tert-OH is 1. The van der Waals surface area contributed by atoms with Crippen molar-refractivity contribution in [2.45, 2.75) is 51.1 Å². The number of carbonyl (C=O) groups is 1. The summed E-state index contributed by atoms with van der Waals surface area (Å²) in [5.41, 5.74) is 3.42. The molecule has 114 valence electrons. The van der Waals surface area contributed by atoms with E-state index < -0.39 is 5.54 Å². The zero-order chi connectivity index (χ0) is 15.0. The lowest BCUT2D eigenvalue weighted by Gasteiger charge is -2.29. The lowest BCUT2D eigenvalue weighted by atomic mass is 9.97. The van der Waals surface area contributed by atoms with E-state index in [4.69, 9.17) is 0 Å². The molecule has 2 aliphatic rings. The van der Waals surface area contributed by atoms with Crippen molar-refractivity contribution in [3.8, 4) is 0 Å². The summed E-state index contributed by atoms with van der Waals surface area (Å²) in [5, 5.41) is 15.6. The number of amides is 2. The molecule has 21 heavy (non-hydrogen) atoms. The second-order valence-electron chi connectivity index (χ2n) is 6.68. The first kappa shape index (κ1) is 14.4. The van der Waals surface area contributed by atoms with Gasteiger partial charge in [-0.15, -0.1) is 0 Å². The molecular formula is C17H24N2O2. The fourth-order valence-electron chi connectivity index (χ4n) is 3.43. The van der Waals surface area contributed by atoms with Gasteiger partial charge in [0.1, 0.15) is 0 Å². The van der Waals surface area contributed by atoms with Gasteiger partial charge in [0.15, 0.2) is 0 Å². The molecule has 2 aliphatic carbocycles. The van der Waals surface area contributed by atoms with Crippen molar-refractivity contribution >= 4 is 6.03 Å². The maximum absolute atomic E-state index is 12.3. The maximum atomic E-state index is 12.3. The third-order valence-electron chi connectivity index (χ3n) is 5.02. The molecule has 2 amide bonds. The monoisotopic (exact) mass is 288 g/mol. The number of benzene rings is 1. The van der Waals surface area contributed by atoms with Crippen LogP contribution in [0.3, 0.4) is 0 Å². The Morgan fingerprint density at radius 3 is 2.81 bits per heavy atom. The van der Waals surface area contributed by atoms with Crippen molar-refractivity contribution in [2.75, 3.05) is 6.61 Å². The molecule has 2 atom stereocenters. The number of aliphatic hydroxyl groups is 1. The normalized spacial score (nSPS) is 23.3. The number of fused-ring (bicyclic) bond motifs is 1. The average Bonchev–Trinajstić information content (AvgIpc) is 3.23. The summed E-state index contributed by atoms with van der Waals surface area (Å²) in [6, 6.07) is 6.19. The van der Waals surface area contributed by atoms with Crippen LogP contribution in [0.5, 0.6) is 0 Å². The molecule has 0 radical (unpaired) electrons. The molecule has 0 heterocycles. The molecule has 1 saturated carbocycles. The molecule has 4 nitrogen and oxygen atoms in total. The standard InChI is InChI=1S/C17H24N2O2/c1-11-4-3-5-14-13(11)8-9-15(14)18-16(21)19-17(2,10-20)12-6-7-12/h3-5,12,15,20H,6-10H2,1-2H3,(H2,18,19,21)/t15-,17+/m1/s1. The lowest BCUT2D eigenvalue weighted by molar-refractivity contribution is 0.154. The van der Waals surface area contributed by atoms with E-state index in [0.29, 0.717) is 5.92 Å². The molecule has 1 aromatic rings. The van der Waals surface area contributed by atoms with E-state index >= 15 is 0 Å². The second kappa shape index (κ2) is 5.34. The summed E-state index contributed by atoms with van der Waals surface area (Å²) in [4.78, 5) is 12.3. The van der Waals surface area contributed by atoms with Gasteiger partial charge < -0.3 is 15.7 Å². The molecule has 0 aromatic heterocycles. The minimum absolute atomic E-state index is 0.00848. The van der Waals surface area contributed by atoms with Crippen LogP contribution in [0.15, 0.2) is 18.2 Å². The minimum atomic E-state index is -0.488. The Morgan fingerprint density at radius 2 is 2.14 bits per heavy atom. The smallest absolute Gasteiger partial charge is 0.315 e.